The monoisotopic (exact) mass is 492 g/mol. The first-order valence-electron chi connectivity index (χ1n) is 13.1. The summed E-state index contributed by atoms with van der Waals surface area (Å²) in [5, 5.41) is 1.95. The number of hydrogen-bond donors (Lipinski definition) is 0. The predicted octanol–water partition coefficient (Wildman–Crippen LogP) is 8.79. The second-order valence-electron chi connectivity index (χ2n) is 12.3. The van der Waals surface area contributed by atoms with Crippen LogP contribution >= 0.6 is 0 Å². The Morgan fingerprint density at radius 3 is 2.11 bits per heavy atom. The van der Waals surface area contributed by atoms with Crippen molar-refractivity contribution in [3.05, 3.63) is 89.4 Å². The minimum atomic E-state index is -0.248. The third-order valence-electron chi connectivity index (χ3n) is 10.0. The molecule has 1 aliphatic rings. The van der Waals surface area contributed by atoms with Crippen LogP contribution in [0.1, 0.15) is 58.2 Å². The number of rotatable bonds is 2. The van der Waals surface area contributed by atoms with E-state index in [-0.39, 0.29) is 22.1 Å². The standard InChI is InChI=1S/C34H35FNO/c1-20-15-16-21-22-17-18-25(35)28(31(22)37-30(21)27(20)26-14-9-10-19-36(26)8)23-12-11-13-24-29(23)33(4,5)34(6,7)32(24,2)3/h9-19H,1-8H3/q+1. The summed E-state index contributed by atoms with van der Waals surface area (Å²) < 4.78 is 24.8. The van der Waals surface area contributed by atoms with Gasteiger partial charge in [0.2, 0.25) is 5.69 Å². The molecule has 1 aliphatic carbocycles. The van der Waals surface area contributed by atoms with Crippen LogP contribution in [-0.4, -0.2) is 0 Å². The van der Waals surface area contributed by atoms with Crippen molar-refractivity contribution in [1.82, 2.24) is 0 Å². The van der Waals surface area contributed by atoms with Crippen molar-refractivity contribution in [2.75, 3.05) is 0 Å². The number of fused-ring (bicyclic) bond motifs is 4. The summed E-state index contributed by atoms with van der Waals surface area (Å²) in [6.07, 6.45) is 2.04. The molecule has 0 N–H and O–H groups in total. The summed E-state index contributed by atoms with van der Waals surface area (Å²) in [5.74, 6) is -0.248. The first kappa shape index (κ1) is 23.9. The van der Waals surface area contributed by atoms with Gasteiger partial charge in [0.05, 0.1) is 11.1 Å². The van der Waals surface area contributed by atoms with Gasteiger partial charge in [-0.1, -0.05) is 71.9 Å². The quantitative estimate of drug-likeness (QED) is 0.225. The highest BCUT2D eigenvalue weighted by Gasteiger charge is 2.57. The van der Waals surface area contributed by atoms with Crippen molar-refractivity contribution in [3.8, 4) is 22.4 Å². The maximum absolute atomic E-state index is 15.9. The van der Waals surface area contributed by atoms with E-state index in [1.165, 1.54) is 11.1 Å². The highest BCUT2D eigenvalue weighted by atomic mass is 19.1. The SMILES string of the molecule is Cc1ccc2c(oc3c(-c4cccc5c4C(C)(C)C(C)(C)C5(C)C)c(F)ccc32)c1-c1cccc[n+]1C. The number of hydrogen-bond acceptors (Lipinski definition) is 1. The summed E-state index contributed by atoms with van der Waals surface area (Å²) in [5.41, 5.74) is 8.42. The molecule has 0 saturated heterocycles. The van der Waals surface area contributed by atoms with E-state index >= 15 is 4.39 Å². The summed E-state index contributed by atoms with van der Waals surface area (Å²) in [4.78, 5) is 0. The molecule has 0 fully saturated rings. The Kier molecular flexibility index (Phi) is 4.87. The Labute approximate surface area is 218 Å². The fourth-order valence-electron chi connectivity index (χ4n) is 6.72. The summed E-state index contributed by atoms with van der Waals surface area (Å²) >= 11 is 0. The zero-order valence-corrected chi connectivity index (χ0v) is 23.1. The van der Waals surface area contributed by atoms with Crippen molar-refractivity contribution in [2.45, 2.75) is 59.3 Å². The number of benzene rings is 3. The van der Waals surface area contributed by atoms with E-state index < -0.39 is 0 Å². The molecule has 5 aromatic rings. The Morgan fingerprint density at radius 2 is 1.41 bits per heavy atom. The minimum Gasteiger partial charge on any atom is -0.454 e. The van der Waals surface area contributed by atoms with E-state index in [1.807, 2.05) is 31.4 Å². The lowest BCUT2D eigenvalue weighted by atomic mass is 9.59. The van der Waals surface area contributed by atoms with Crippen molar-refractivity contribution >= 4 is 21.9 Å². The van der Waals surface area contributed by atoms with Gasteiger partial charge in [-0.2, -0.15) is 0 Å². The number of aryl methyl sites for hydroxylation is 2. The third-order valence-corrected chi connectivity index (χ3v) is 10.0. The number of pyridine rings is 1. The van der Waals surface area contributed by atoms with Crippen LogP contribution in [0, 0.1) is 18.2 Å². The molecular weight excluding hydrogens is 457 g/mol. The van der Waals surface area contributed by atoms with E-state index in [0.29, 0.717) is 11.1 Å². The lowest BCUT2D eigenvalue weighted by Crippen LogP contribution is -2.42. The van der Waals surface area contributed by atoms with Crippen LogP contribution in [0.3, 0.4) is 0 Å². The van der Waals surface area contributed by atoms with Gasteiger partial charge in [-0.15, -0.1) is 0 Å². The predicted molar refractivity (Wildman–Crippen MR) is 150 cm³/mol. The molecule has 0 saturated carbocycles. The van der Waals surface area contributed by atoms with Crippen LogP contribution in [0.5, 0.6) is 0 Å². The van der Waals surface area contributed by atoms with Crippen molar-refractivity contribution in [3.63, 3.8) is 0 Å². The van der Waals surface area contributed by atoms with E-state index in [1.54, 1.807) is 6.07 Å². The molecule has 0 unspecified atom stereocenters. The van der Waals surface area contributed by atoms with Crippen LogP contribution < -0.4 is 4.57 Å². The largest absolute Gasteiger partial charge is 0.454 e. The average Bonchev–Trinajstić information content (AvgIpc) is 3.26. The van der Waals surface area contributed by atoms with E-state index in [9.17, 15) is 0 Å². The number of halogens is 1. The smallest absolute Gasteiger partial charge is 0.216 e. The molecule has 2 nitrogen and oxygen atoms in total. The van der Waals surface area contributed by atoms with Gasteiger partial charge < -0.3 is 4.42 Å². The second-order valence-corrected chi connectivity index (χ2v) is 12.3. The molecule has 3 heteroatoms. The van der Waals surface area contributed by atoms with E-state index in [4.69, 9.17) is 4.42 Å². The maximum Gasteiger partial charge on any atom is 0.216 e. The normalized spacial score (nSPS) is 17.4. The van der Waals surface area contributed by atoms with Crippen molar-refractivity contribution in [1.29, 1.82) is 0 Å². The fourth-order valence-corrected chi connectivity index (χ4v) is 6.72. The highest BCUT2D eigenvalue weighted by Crippen LogP contribution is 2.63. The van der Waals surface area contributed by atoms with Crippen LogP contribution in [0.4, 0.5) is 4.39 Å². The zero-order chi connectivity index (χ0) is 26.5. The highest BCUT2D eigenvalue weighted by molar-refractivity contribution is 6.13. The molecule has 0 amide bonds. The molecule has 3 aromatic carbocycles. The topological polar surface area (TPSA) is 17.0 Å². The van der Waals surface area contributed by atoms with Gasteiger partial charge in [-0.3, -0.25) is 0 Å². The number of nitrogens with zero attached hydrogens (tertiary/aromatic N) is 1. The fraction of sp³-hybridized carbons (Fsp3) is 0.324. The van der Waals surface area contributed by atoms with Crippen LogP contribution in [0.25, 0.3) is 44.3 Å². The van der Waals surface area contributed by atoms with Gasteiger partial charge in [0.1, 0.15) is 24.0 Å². The maximum atomic E-state index is 15.9. The van der Waals surface area contributed by atoms with Gasteiger partial charge in [0.15, 0.2) is 6.20 Å². The molecule has 6 rings (SSSR count). The molecule has 0 bridgehead atoms. The van der Waals surface area contributed by atoms with Gasteiger partial charge in [-0.25, -0.2) is 8.96 Å². The number of aromatic nitrogens is 1. The Balaban J connectivity index is 1.73. The number of furan rings is 1. The van der Waals surface area contributed by atoms with Crippen LogP contribution in [-0.2, 0) is 17.9 Å². The Morgan fingerprint density at radius 1 is 0.730 bits per heavy atom. The first-order valence-corrected chi connectivity index (χ1v) is 13.1. The molecule has 188 valence electrons. The summed E-state index contributed by atoms with van der Waals surface area (Å²) in [6, 6.07) is 20.3. The molecule has 37 heavy (non-hydrogen) atoms. The minimum absolute atomic E-state index is 0.0248. The average molecular weight is 493 g/mol. The zero-order valence-electron chi connectivity index (χ0n) is 23.1. The lowest BCUT2D eigenvalue weighted by molar-refractivity contribution is -0.660. The van der Waals surface area contributed by atoms with Gasteiger partial charge >= 0.3 is 0 Å². The van der Waals surface area contributed by atoms with Crippen molar-refractivity contribution < 1.29 is 13.4 Å². The Hall–Kier alpha value is -3.46. The Bertz CT molecular complexity index is 1730. The van der Waals surface area contributed by atoms with Crippen LogP contribution in [0.2, 0.25) is 0 Å². The van der Waals surface area contributed by atoms with Gasteiger partial charge in [-0.05, 0) is 63.6 Å². The summed E-state index contributed by atoms with van der Waals surface area (Å²) in [7, 11) is 2.04. The first-order chi connectivity index (χ1) is 17.4. The molecule has 2 heterocycles. The third kappa shape index (κ3) is 2.94. The van der Waals surface area contributed by atoms with Crippen molar-refractivity contribution in [2.24, 2.45) is 12.5 Å². The summed E-state index contributed by atoms with van der Waals surface area (Å²) in [6.45, 7) is 16.0. The molecule has 0 spiro atoms. The van der Waals surface area contributed by atoms with Gasteiger partial charge in [0, 0.05) is 22.9 Å². The van der Waals surface area contributed by atoms with Crippen LogP contribution in [0.15, 0.2) is 71.3 Å². The molecule has 0 atom stereocenters. The lowest BCUT2D eigenvalue weighted by Gasteiger charge is -2.44. The van der Waals surface area contributed by atoms with E-state index in [0.717, 1.165) is 38.7 Å². The van der Waals surface area contributed by atoms with E-state index in [2.05, 4.69) is 89.4 Å². The molecule has 2 aromatic heterocycles. The molecular formula is C34H35FNO+. The molecule has 0 aliphatic heterocycles. The molecule has 0 radical (unpaired) electrons. The second kappa shape index (κ2) is 7.54. The van der Waals surface area contributed by atoms with Gasteiger partial charge in [0.25, 0.3) is 0 Å².